The van der Waals surface area contributed by atoms with E-state index in [0.717, 1.165) is 13.2 Å². The predicted octanol–water partition coefficient (Wildman–Crippen LogP) is 3.56. The van der Waals surface area contributed by atoms with E-state index in [0.29, 0.717) is 0 Å². The molecule has 0 heterocycles. The van der Waals surface area contributed by atoms with E-state index in [1.807, 2.05) is 20.8 Å². The highest BCUT2D eigenvalue weighted by Crippen LogP contribution is 2.04. The highest BCUT2D eigenvalue weighted by molar-refractivity contribution is 5.21. The quantitative estimate of drug-likeness (QED) is 0.691. The smallest absolute Gasteiger partial charge is 0.0716 e. The van der Waals surface area contributed by atoms with Crippen LogP contribution in [0.15, 0.2) is 24.3 Å². The summed E-state index contributed by atoms with van der Waals surface area (Å²) in [6.07, 6.45) is 0. The largest absolute Gasteiger partial charge is 0.377 e. The summed E-state index contributed by atoms with van der Waals surface area (Å²) in [5.74, 6) is 0. The molecule has 13 heavy (non-hydrogen) atoms. The van der Waals surface area contributed by atoms with Gasteiger partial charge in [-0.1, -0.05) is 43.7 Å². The molecule has 1 rings (SSSR count). The van der Waals surface area contributed by atoms with Crippen LogP contribution in [0, 0.1) is 6.92 Å². The molecule has 0 saturated carbocycles. The van der Waals surface area contributed by atoms with Crippen molar-refractivity contribution in [2.45, 2.75) is 34.3 Å². The molecule has 1 nitrogen and oxygen atoms in total. The molecular formula is C12H20O. The molecule has 1 aromatic carbocycles. The predicted molar refractivity (Wildman–Crippen MR) is 57.9 cm³/mol. The zero-order valence-electron chi connectivity index (χ0n) is 9.13. The van der Waals surface area contributed by atoms with E-state index in [4.69, 9.17) is 4.74 Å². The molecular weight excluding hydrogens is 160 g/mol. The SMILES string of the molecule is CC.CCOCc1cccc(C)c1. The molecule has 0 spiro atoms. The second-order valence-corrected chi connectivity index (χ2v) is 2.63. The molecule has 1 heteroatoms. The van der Waals surface area contributed by atoms with Crippen LogP contribution in [0.25, 0.3) is 0 Å². The standard InChI is InChI=1S/C10H14O.C2H6/c1-3-11-8-10-6-4-5-9(2)7-10;1-2/h4-7H,3,8H2,1-2H3;1-2H3. The van der Waals surface area contributed by atoms with Crippen molar-refractivity contribution in [1.29, 1.82) is 0 Å². The Morgan fingerprint density at radius 1 is 1.23 bits per heavy atom. The van der Waals surface area contributed by atoms with Gasteiger partial charge in [0, 0.05) is 6.61 Å². The van der Waals surface area contributed by atoms with E-state index >= 15 is 0 Å². The maximum atomic E-state index is 5.27. The Kier molecular flexibility index (Phi) is 7.32. The fourth-order valence-corrected chi connectivity index (χ4v) is 1.02. The normalized spacial score (nSPS) is 8.92. The van der Waals surface area contributed by atoms with Crippen LogP contribution in [0.4, 0.5) is 0 Å². The van der Waals surface area contributed by atoms with Crippen molar-refractivity contribution in [3.8, 4) is 0 Å². The number of hydrogen-bond donors (Lipinski definition) is 0. The number of rotatable bonds is 3. The monoisotopic (exact) mass is 180 g/mol. The Bertz CT molecular complexity index is 218. The van der Waals surface area contributed by atoms with Gasteiger partial charge >= 0.3 is 0 Å². The highest BCUT2D eigenvalue weighted by atomic mass is 16.5. The minimum Gasteiger partial charge on any atom is -0.377 e. The summed E-state index contributed by atoms with van der Waals surface area (Å²) in [5, 5.41) is 0. The summed E-state index contributed by atoms with van der Waals surface area (Å²) >= 11 is 0. The lowest BCUT2D eigenvalue weighted by molar-refractivity contribution is 0.134. The van der Waals surface area contributed by atoms with Crippen LogP contribution in [0.3, 0.4) is 0 Å². The Labute approximate surface area is 81.7 Å². The van der Waals surface area contributed by atoms with Gasteiger partial charge in [-0.2, -0.15) is 0 Å². The van der Waals surface area contributed by atoms with Gasteiger partial charge in [-0.3, -0.25) is 0 Å². The number of aryl methyl sites for hydroxylation is 1. The van der Waals surface area contributed by atoms with Crippen molar-refractivity contribution >= 4 is 0 Å². The van der Waals surface area contributed by atoms with Crippen molar-refractivity contribution in [2.75, 3.05) is 6.61 Å². The van der Waals surface area contributed by atoms with Gasteiger partial charge in [0.25, 0.3) is 0 Å². The van der Waals surface area contributed by atoms with Crippen molar-refractivity contribution in [3.05, 3.63) is 35.4 Å². The van der Waals surface area contributed by atoms with Gasteiger partial charge in [0.1, 0.15) is 0 Å². The summed E-state index contributed by atoms with van der Waals surface area (Å²) in [6.45, 7) is 9.62. The first-order chi connectivity index (χ1) is 6.33. The van der Waals surface area contributed by atoms with Gasteiger partial charge in [0.2, 0.25) is 0 Å². The number of benzene rings is 1. The van der Waals surface area contributed by atoms with Gasteiger partial charge in [0.05, 0.1) is 6.61 Å². The molecule has 0 aromatic heterocycles. The summed E-state index contributed by atoms with van der Waals surface area (Å²) in [5.41, 5.74) is 2.55. The zero-order valence-corrected chi connectivity index (χ0v) is 9.13. The minimum atomic E-state index is 0.734. The van der Waals surface area contributed by atoms with Crippen LogP contribution >= 0.6 is 0 Å². The first-order valence-corrected chi connectivity index (χ1v) is 4.96. The average molecular weight is 180 g/mol. The van der Waals surface area contributed by atoms with Crippen LogP contribution in [0.5, 0.6) is 0 Å². The van der Waals surface area contributed by atoms with Crippen molar-refractivity contribution in [3.63, 3.8) is 0 Å². The minimum absolute atomic E-state index is 0.734. The molecule has 0 N–H and O–H groups in total. The second-order valence-electron chi connectivity index (χ2n) is 2.63. The highest BCUT2D eigenvalue weighted by Gasteiger charge is 1.90. The van der Waals surface area contributed by atoms with Crippen molar-refractivity contribution in [2.24, 2.45) is 0 Å². The molecule has 0 saturated heterocycles. The van der Waals surface area contributed by atoms with Gasteiger partial charge in [-0.25, -0.2) is 0 Å². The third-order valence-corrected chi connectivity index (χ3v) is 1.56. The summed E-state index contributed by atoms with van der Waals surface area (Å²) in [7, 11) is 0. The summed E-state index contributed by atoms with van der Waals surface area (Å²) in [4.78, 5) is 0. The molecule has 0 radical (unpaired) electrons. The number of hydrogen-bond acceptors (Lipinski definition) is 1. The Morgan fingerprint density at radius 3 is 2.46 bits per heavy atom. The molecule has 0 aliphatic carbocycles. The maximum absolute atomic E-state index is 5.27. The summed E-state index contributed by atoms with van der Waals surface area (Å²) < 4.78 is 5.27. The van der Waals surface area contributed by atoms with E-state index in [2.05, 4.69) is 31.2 Å². The Balaban J connectivity index is 0.000000671. The third kappa shape index (κ3) is 5.42. The third-order valence-electron chi connectivity index (χ3n) is 1.56. The van der Waals surface area contributed by atoms with Gasteiger partial charge < -0.3 is 4.74 Å². The van der Waals surface area contributed by atoms with Crippen molar-refractivity contribution < 1.29 is 4.74 Å². The fourth-order valence-electron chi connectivity index (χ4n) is 1.02. The van der Waals surface area contributed by atoms with Crippen LogP contribution in [-0.4, -0.2) is 6.61 Å². The molecule has 0 aliphatic heterocycles. The maximum Gasteiger partial charge on any atom is 0.0716 e. The van der Waals surface area contributed by atoms with E-state index in [9.17, 15) is 0 Å². The lowest BCUT2D eigenvalue weighted by atomic mass is 10.1. The Morgan fingerprint density at radius 2 is 1.92 bits per heavy atom. The molecule has 0 unspecified atom stereocenters. The number of ether oxygens (including phenoxy) is 1. The van der Waals surface area contributed by atoms with Gasteiger partial charge in [-0.15, -0.1) is 0 Å². The molecule has 1 aromatic rings. The van der Waals surface area contributed by atoms with Crippen molar-refractivity contribution in [1.82, 2.24) is 0 Å². The van der Waals surface area contributed by atoms with Crippen LogP contribution in [-0.2, 0) is 11.3 Å². The topological polar surface area (TPSA) is 9.23 Å². The van der Waals surface area contributed by atoms with E-state index < -0.39 is 0 Å². The van der Waals surface area contributed by atoms with E-state index in [-0.39, 0.29) is 0 Å². The Hall–Kier alpha value is -0.820. The molecule has 0 bridgehead atoms. The van der Waals surface area contributed by atoms with Crippen LogP contribution in [0.1, 0.15) is 31.9 Å². The summed E-state index contributed by atoms with van der Waals surface area (Å²) in [6, 6.07) is 8.39. The molecule has 0 fully saturated rings. The lowest BCUT2D eigenvalue weighted by Gasteiger charge is -2.01. The first-order valence-electron chi connectivity index (χ1n) is 4.96. The molecule has 74 valence electrons. The molecule has 0 aliphatic rings. The van der Waals surface area contributed by atoms with Crippen LogP contribution < -0.4 is 0 Å². The first kappa shape index (κ1) is 12.2. The van der Waals surface area contributed by atoms with Gasteiger partial charge in [-0.05, 0) is 19.4 Å². The van der Waals surface area contributed by atoms with E-state index in [1.54, 1.807) is 0 Å². The fraction of sp³-hybridized carbons (Fsp3) is 0.500. The molecule has 0 amide bonds. The van der Waals surface area contributed by atoms with Crippen LogP contribution in [0.2, 0.25) is 0 Å². The lowest BCUT2D eigenvalue weighted by Crippen LogP contribution is -1.91. The second kappa shape index (κ2) is 7.81. The zero-order chi connectivity index (χ0) is 10.1. The van der Waals surface area contributed by atoms with E-state index in [1.165, 1.54) is 11.1 Å². The molecule has 0 atom stereocenters. The van der Waals surface area contributed by atoms with Gasteiger partial charge in [0.15, 0.2) is 0 Å². The average Bonchev–Trinajstić information content (AvgIpc) is 2.18.